The van der Waals surface area contributed by atoms with Crippen molar-refractivity contribution >= 4 is 22.6 Å². The second-order valence-corrected chi connectivity index (χ2v) is 7.15. The molecule has 0 aliphatic rings. The van der Waals surface area contributed by atoms with E-state index >= 15 is 0 Å². The van der Waals surface area contributed by atoms with Crippen molar-refractivity contribution in [1.29, 1.82) is 0 Å². The molecule has 0 spiro atoms. The van der Waals surface area contributed by atoms with Crippen LogP contribution in [0.2, 0.25) is 0 Å². The summed E-state index contributed by atoms with van der Waals surface area (Å²) in [5.41, 5.74) is 2.07. The standard InChI is InChI=1S/C24H20FN3O3/c1-15-5-10-21(31-2)20(12-15)27-23(29)19-13-17-4-3-11-26-22(17)28(24(19)30)14-16-6-8-18(25)9-7-16/h3-13H,14H2,1-2H3,(H,27,29). The van der Waals surface area contributed by atoms with Crippen LogP contribution in [0, 0.1) is 12.7 Å². The molecule has 6 nitrogen and oxygen atoms in total. The van der Waals surface area contributed by atoms with Crippen LogP contribution >= 0.6 is 0 Å². The van der Waals surface area contributed by atoms with E-state index in [4.69, 9.17) is 4.74 Å². The highest BCUT2D eigenvalue weighted by molar-refractivity contribution is 6.06. The van der Waals surface area contributed by atoms with Crippen LogP contribution in [0.3, 0.4) is 0 Å². The van der Waals surface area contributed by atoms with Crippen LogP contribution in [0.25, 0.3) is 11.0 Å². The van der Waals surface area contributed by atoms with Gasteiger partial charge in [-0.25, -0.2) is 9.37 Å². The number of nitrogens with one attached hydrogen (secondary N) is 1. The molecule has 7 heteroatoms. The number of halogens is 1. The summed E-state index contributed by atoms with van der Waals surface area (Å²) < 4.78 is 20.0. The third-order valence-electron chi connectivity index (χ3n) is 4.95. The molecule has 2 aromatic carbocycles. The highest BCUT2D eigenvalue weighted by Gasteiger charge is 2.18. The molecule has 0 aliphatic heterocycles. The molecule has 2 aromatic heterocycles. The Labute approximate surface area is 177 Å². The predicted octanol–water partition coefficient (Wildman–Crippen LogP) is 4.15. The molecule has 31 heavy (non-hydrogen) atoms. The third-order valence-corrected chi connectivity index (χ3v) is 4.95. The zero-order valence-electron chi connectivity index (χ0n) is 17.1. The number of nitrogens with zero attached hydrogens (tertiary/aromatic N) is 2. The Morgan fingerprint density at radius 2 is 1.90 bits per heavy atom. The first-order valence-corrected chi connectivity index (χ1v) is 9.65. The van der Waals surface area contributed by atoms with Crippen LogP contribution < -0.4 is 15.6 Å². The lowest BCUT2D eigenvalue weighted by atomic mass is 10.1. The average Bonchev–Trinajstić information content (AvgIpc) is 2.77. The number of ether oxygens (including phenoxy) is 1. The summed E-state index contributed by atoms with van der Waals surface area (Å²) in [5, 5.41) is 3.42. The number of pyridine rings is 2. The molecule has 4 aromatic rings. The van der Waals surface area contributed by atoms with Crippen LogP contribution in [0.1, 0.15) is 21.5 Å². The third kappa shape index (κ3) is 4.16. The monoisotopic (exact) mass is 417 g/mol. The van der Waals surface area contributed by atoms with E-state index in [0.717, 1.165) is 5.56 Å². The molecule has 0 unspecified atom stereocenters. The zero-order chi connectivity index (χ0) is 22.0. The Hall–Kier alpha value is -4.00. The summed E-state index contributed by atoms with van der Waals surface area (Å²) in [4.78, 5) is 30.6. The van der Waals surface area contributed by atoms with Gasteiger partial charge in [-0.2, -0.15) is 0 Å². The highest BCUT2D eigenvalue weighted by Crippen LogP contribution is 2.25. The van der Waals surface area contributed by atoms with E-state index < -0.39 is 11.5 Å². The van der Waals surface area contributed by atoms with Crippen molar-refractivity contribution in [3.8, 4) is 5.75 Å². The molecule has 0 atom stereocenters. The molecule has 0 fully saturated rings. The molecule has 0 saturated carbocycles. The lowest BCUT2D eigenvalue weighted by molar-refractivity contribution is 0.102. The smallest absolute Gasteiger partial charge is 0.265 e. The maximum atomic E-state index is 13.3. The topological polar surface area (TPSA) is 73.2 Å². The van der Waals surface area contributed by atoms with Crippen LogP contribution in [0.4, 0.5) is 10.1 Å². The van der Waals surface area contributed by atoms with Gasteiger partial charge in [-0.3, -0.25) is 14.2 Å². The van der Waals surface area contributed by atoms with Crippen molar-refractivity contribution in [3.05, 3.63) is 99.7 Å². The zero-order valence-corrected chi connectivity index (χ0v) is 17.1. The van der Waals surface area contributed by atoms with Crippen LogP contribution in [-0.4, -0.2) is 22.6 Å². The van der Waals surface area contributed by atoms with Gasteiger partial charge in [-0.05, 0) is 60.5 Å². The molecular weight excluding hydrogens is 397 g/mol. The Kier molecular flexibility index (Phi) is 5.49. The molecule has 156 valence electrons. The summed E-state index contributed by atoms with van der Waals surface area (Å²) in [7, 11) is 1.51. The van der Waals surface area contributed by atoms with Crippen molar-refractivity contribution in [2.24, 2.45) is 0 Å². The largest absolute Gasteiger partial charge is 0.495 e. The van der Waals surface area contributed by atoms with E-state index in [9.17, 15) is 14.0 Å². The van der Waals surface area contributed by atoms with Gasteiger partial charge in [0.05, 0.1) is 19.3 Å². The first kappa shape index (κ1) is 20.3. The number of hydrogen-bond donors (Lipinski definition) is 1. The number of fused-ring (bicyclic) bond motifs is 1. The summed E-state index contributed by atoms with van der Waals surface area (Å²) in [6.07, 6.45) is 1.58. The number of hydrogen-bond acceptors (Lipinski definition) is 4. The maximum absolute atomic E-state index is 13.3. The van der Waals surface area contributed by atoms with Crippen LogP contribution in [0.15, 0.2) is 71.7 Å². The van der Waals surface area contributed by atoms with Gasteiger partial charge in [0, 0.05) is 11.6 Å². The van der Waals surface area contributed by atoms with Crippen molar-refractivity contribution in [2.45, 2.75) is 13.5 Å². The molecule has 0 aliphatic carbocycles. The number of rotatable bonds is 5. The quantitative estimate of drug-likeness (QED) is 0.529. The number of carbonyl (C=O) groups excluding carboxylic acids is 1. The summed E-state index contributed by atoms with van der Waals surface area (Å²) in [6, 6.07) is 16.3. The van der Waals surface area contributed by atoms with E-state index in [-0.39, 0.29) is 17.9 Å². The second kappa shape index (κ2) is 8.39. The van der Waals surface area contributed by atoms with Crippen molar-refractivity contribution in [1.82, 2.24) is 9.55 Å². The minimum absolute atomic E-state index is 0.0221. The molecule has 0 bridgehead atoms. The normalized spacial score (nSPS) is 10.8. The molecular formula is C24H20FN3O3. The van der Waals surface area contributed by atoms with Gasteiger partial charge in [0.1, 0.15) is 22.8 Å². The fraction of sp³-hybridized carbons (Fsp3) is 0.125. The Balaban J connectivity index is 1.79. The molecule has 0 saturated heterocycles. The lowest BCUT2D eigenvalue weighted by Crippen LogP contribution is -2.30. The summed E-state index contributed by atoms with van der Waals surface area (Å²) >= 11 is 0. The Bertz CT molecular complexity index is 1330. The Morgan fingerprint density at radius 3 is 2.65 bits per heavy atom. The minimum Gasteiger partial charge on any atom is -0.495 e. The van der Waals surface area contributed by atoms with E-state index in [1.165, 1.54) is 29.9 Å². The first-order valence-electron chi connectivity index (χ1n) is 9.65. The van der Waals surface area contributed by atoms with Gasteiger partial charge < -0.3 is 10.1 Å². The van der Waals surface area contributed by atoms with Crippen molar-refractivity contribution < 1.29 is 13.9 Å². The van der Waals surface area contributed by atoms with Gasteiger partial charge in [0.2, 0.25) is 0 Å². The van der Waals surface area contributed by atoms with Gasteiger partial charge in [0.15, 0.2) is 0 Å². The molecule has 1 amide bonds. The number of anilines is 1. The van der Waals surface area contributed by atoms with Crippen molar-refractivity contribution in [3.63, 3.8) is 0 Å². The first-order chi connectivity index (χ1) is 15.0. The summed E-state index contributed by atoms with van der Waals surface area (Å²) in [5.74, 6) is -0.417. The van der Waals surface area contributed by atoms with E-state index in [0.29, 0.717) is 28.0 Å². The number of aromatic nitrogens is 2. The lowest BCUT2D eigenvalue weighted by Gasteiger charge is -2.14. The highest BCUT2D eigenvalue weighted by atomic mass is 19.1. The van der Waals surface area contributed by atoms with Crippen LogP contribution in [-0.2, 0) is 6.54 Å². The fourth-order valence-electron chi connectivity index (χ4n) is 3.40. The number of aryl methyl sites for hydroxylation is 1. The fourth-order valence-corrected chi connectivity index (χ4v) is 3.40. The number of benzene rings is 2. The summed E-state index contributed by atoms with van der Waals surface area (Å²) in [6.45, 7) is 2.05. The Morgan fingerprint density at radius 1 is 1.13 bits per heavy atom. The van der Waals surface area contributed by atoms with E-state index in [1.54, 1.807) is 42.6 Å². The number of methoxy groups -OCH3 is 1. The predicted molar refractivity (Wildman–Crippen MR) is 117 cm³/mol. The van der Waals surface area contributed by atoms with Gasteiger partial charge in [-0.1, -0.05) is 18.2 Å². The SMILES string of the molecule is COc1ccc(C)cc1NC(=O)c1cc2cccnc2n(Cc2ccc(F)cc2)c1=O. The molecule has 1 N–H and O–H groups in total. The van der Waals surface area contributed by atoms with Gasteiger partial charge >= 0.3 is 0 Å². The molecule has 4 rings (SSSR count). The van der Waals surface area contributed by atoms with Crippen LogP contribution in [0.5, 0.6) is 5.75 Å². The van der Waals surface area contributed by atoms with Gasteiger partial charge in [-0.15, -0.1) is 0 Å². The number of carbonyl (C=O) groups is 1. The minimum atomic E-state index is -0.549. The second-order valence-electron chi connectivity index (χ2n) is 7.15. The maximum Gasteiger partial charge on any atom is 0.265 e. The molecule has 2 heterocycles. The molecule has 0 radical (unpaired) electrons. The van der Waals surface area contributed by atoms with Crippen molar-refractivity contribution in [2.75, 3.05) is 12.4 Å². The van der Waals surface area contributed by atoms with E-state index in [2.05, 4.69) is 10.3 Å². The van der Waals surface area contributed by atoms with Gasteiger partial charge in [0.25, 0.3) is 11.5 Å². The van der Waals surface area contributed by atoms with E-state index in [1.807, 2.05) is 13.0 Å². The number of amides is 1. The average molecular weight is 417 g/mol.